The molecule has 2 aromatic heterocycles. The lowest BCUT2D eigenvalue weighted by Gasteiger charge is -2.21. The fourth-order valence-electron chi connectivity index (χ4n) is 3.49. The molecule has 1 aliphatic rings. The summed E-state index contributed by atoms with van der Waals surface area (Å²) < 4.78 is 12.1. The maximum Gasteiger partial charge on any atom is 0.252 e. The highest BCUT2D eigenvalue weighted by atomic mass is 32.2. The van der Waals surface area contributed by atoms with Crippen LogP contribution < -0.4 is 14.8 Å². The van der Waals surface area contributed by atoms with E-state index in [-0.39, 0.29) is 11.9 Å². The zero-order chi connectivity index (χ0) is 22.1. The molecule has 32 heavy (non-hydrogen) atoms. The minimum absolute atomic E-state index is 0.165. The van der Waals surface area contributed by atoms with Crippen LogP contribution in [0.15, 0.2) is 57.9 Å². The molecule has 1 atom stereocenters. The van der Waals surface area contributed by atoms with E-state index in [1.54, 1.807) is 0 Å². The predicted molar refractivity (Wildman–Crippen MR) is 124 cm³/mol. The molecule has 3 heterocycles. The topological polar surface area (TPSA) is 86.2 Å². The van der Waals surface area contributed by atoms with Crippen molar-refractivity contribution in [2.24, 2.45) is 0 Å². The van der Waals surface area contributed by atoms with Gasteiger partial charge in [-0.3, -0.25) is 4.79 Å². The van der Waals surface area contributed by atoms with Crippen LogP contribution in [0.25, 0.3) is 10.9 Å². The molecule has 0 bridgehead atoms. The molecule has 7 nitrogen and oxygen atoms in total. The van der Waals surface area contributed by atoms with Crippen molar-refractivity contribution in [2.75, 3.05) is 13.2 Å². The van der Waals surface area contributed by atoms with Gasteiger partial charge in [-0.1, -0.05) is 35.6 Å². The maximum atomic E-state index is 13.3. The molecule has 0 saturated heterocycles. The van der Waals surface area contributed by atoms with Gasteiger partial charge in [0, 0.05) is 5.39 Å². The number of carbonyl (C=O) groups is 1. The van der Waals surface area contributed by atoms with Crippen LogP contribution in [0.4, 0.5) is 0 Å². The van der Waals surface area contributed by atoms with E-state index in [1.807, 2.05) is 62.4 Å². The molecule has 5 rings (SSSR count). The quantitative estimate of drug-likeness (QED) is 0.454. The Labute approximate surface area is 193 Å². The standard InChI is InChI=1S/C23H20N4O3S2/c1-13(15-7-8-19-20(11-15)30-10-9-29-19)24-22(28)17-12-21(32-23-27-26-14(2)31-23)25-18-6-4-3-5-16(17)18/h3-8,11-13H,9-10H2,1-2H3,(H,24,28)/t13-/m1/s1. The summed E-state index contributed by atoms with van der Waals surface area (Å²) in [6, 6.07) is 15.0. The highest BCUT2D eigenvalue weighted by Gasteiger charge is 2.19. The van der Waals surface area contributed by atoms with E-state index in [0.29, 0.717) is 29.6 Å². The number of hydrogen-bond acceptors (Lipinski definition) is 8. The van der Waals surface area contributed by atoms with Gasteiger partial charge in [-0.15, -0.1) is 10.2 Å². The van der Waals surface area contributed by atoms with Gasteiger partial charge in [-0.25, -0.2) is 4.98 Å². The molecule has 4 aromatic rings. The number of para-hydroxylation sites is 1. The summed E-state index contributed by atoms with van der Waals surface area (Å²) >= 11 is 2.91. The van der Waals surface area contributed by atoms with E-state index in [4.69, 9.17) is 14.5 Å². The maximum absolute atomic E-state index is 13.3. The Balaban J connectivity index is 1.43. The van der Waals surface area contributed by atoms with Gasteiger partial charge < -0.3 is 14.8 Å². The molecular formula is C23H20N4O3S2. The van der Waals surface area contributed by atoms with Gasteiger partial charge in [0.1, 0.15) is 23.2 Å². The minimum atomic E-state index is -0.216. The number of rotatable bonds is 5. The average Bonchev–Trinajstić information content (AvgIpc) is 3.22. The number of aromatic nitrogens is 3. The van der Waals surface area contributed by atoms with Crippen LogP contribution in [-0.2, 0) is 0 Å². The molecule has 0 fully saturated rings. The Morgan fingerprint density at radius 1 is 1.09 bits per heavy atom. The van der Waals surface area contributed by atoms with Gasteiger partial charge in [0.05, 0.1) is 17.1 Å². The fraction of sp³-hybridized carbons (Fsp3) is 0.217. The summed E-state index contributed by atoms with van der Waals surface area (Å²) in [5.41, 5.74) is 2.28. The number of carbonyl (C=O) groups excluding carboxylic acids is 1. The van der Waals surface area contributed by atoms with Gasteiger partial charge >= 0.3 is 0 Å². The van der Waals surface area contributed by atoms with E-state index >= 15 is 0 Å². The van der Waals surface area contributed by atoms with Crippen LogP contribution >= 0.6 is 23.1 Å². The van der Waals surface area contributed by atoms with E-state index in [0.717, 1.165) is 31.6 Å². The fourth-order valence-corrected chi connectivity index (χ4v) is 5.27. The molecule has 1 N–H and O–H groups in total. The normalized spacial score (nSPS) is 13.7. The van der Waals surface area contributed by atoms with Crippen LogP contribution in [0.5, 0.6) is 11.5 Å². The van der Waals surface area contributed by atoms with Crippen LogP contribution in [0.2, 0.25) is 0 Å². The molecule has 0 radical (unpaired) electrons. The monoisotopic (exact) mass is 464 g/mol. The van der Waals surface area contributed by atoms with Crippen molar-refractivity contribution in [3.8, 4) is 11.5 Å². The summed E-state index contributed by atoms with van der Waals surface area (Å²) in [4.78, 5) is 18.0. The van der Waals surface area contributed by atoms with Gasteiger partial charge in [0.25, 0.3) is 5.91 Å². The second kappa shape index (κ2) is 8.76. The van der Waals surface area contributed by atoms with Gasteiger partial charge in [-0.2, -0.15) is 0 Å². The van der Waals surface area contributed by atoms with Crippen molar-refractivity contribution in [3.05, 3.63) is 64.7 Å². The molecule has 0 aliphatic carbocycles. The Morgan fingerprint density at radius 2 is 1.91 bits per heavy atom. The highest BCUT2D eigenvalue weighted by Crippen LogP contribution is 2.34. The van der Waals surface area contributed by atoms with Crippen molar-refractivity contribution in [2.45, 2.75) is 29.3 Å². The summed E-state index contributed by atoms with van der Waals surface area (Å²) in [6.07, 6.45) is 0. The third kappa shape index (κ3) is 4.26. The lowest BCUT2D eigenvalue weighted by molar-refractivity contribution is 0.0941. The lowest BCUT2D eigenvalue weighted by atomic mass is 10.1. The lowest BCUT2D eigenvalue weighted by Crippen LogP contribution is -2.27. The van der Waals surface area contributed by atoms with Crippen molar-refractivity contribution >= 4 is 39.9 Å². The van der Waals surface area contributed by atoms with E-state index in [1.165, 1.54) is 23.1 Å². The number of amides is 1. The minimum Gasteiger partial charge on any atom is -0.486 e. The number of hydrogen-bond donors (Lipinski definition) is 1. The van der Waals surface area contributed by atoms with Crippen molar-refractivity contribution in [1.82, 2.24) is 20.5 Å². The first-order valence-electron chi connectivity index (χ1n) is 10.1. The largest absolute Gasteiger partial charge is 0.486 e. The molecule has 0 unspecified atom stereocenters. The molecule has 0 spiro atoms. The smallest absolute Gasteiger partial charge is 0.252 e. The van der Waals surface area contributed by atoms with Gasteiger partial charge in [-0.05, 0) is 55.4 Å². The van der Waals surface area contributed by atoms with Crippen LogP contribution in [0.3, 0.4) is 0 Å². The van der Waals surface area contributed by atoms with Crippen molar-refractivity contribution in [1.29, 1.82) is 0 Å². The van der Waals surface area contributed by atoms with E-state index < -0.39 is 0 Å². The Morgan fingerprint density at radius 3 is 2.72 bits per heavy atom. The predicted octanol–water partition coefficient (Wildman–Crippen LogP) is 4.81. The van der Waals surface area contributed by atoms with Crippen molar-refractivity contribution < 1.29 is 14.3 Å². The molecular weight excluding hydrogens is 444 g/mol. The van der Waals surface area contributed by atoms with Crippen LogP contribution in [0.1, 0.15) is 33.9 Å². The first-order chi connectivity index (χ1) is 15.6. The number of ether oxygens (including phenoxy) is 2. The zero-order valence-electron chi connectivity index (χ0n) is 17.5. The Bertz CT molecular complexity index is 1310. The second-order valence-corrected chi connectivity index (χ2v) is 9.76. The first-order valence-corrected chi connectivity index (χ1v) is 11.8. The molecule has 0 saturated carbocycles. The van der Waals surface area contributed by atoms with E-state index in [2.05, 4.69) is 15.5 Å². The average molecular weight is 465 g/mol. The molecule has 1 aliphatic heterocycles. The number of benzene rings is 2. The first kappa shape index (κ1) is 20.7. The number of pyridine rings is 1. The SMILES string of the molecule is Cc1nnc(Sc2cc(C(=O)N[C@H](C)c3ccc4c(c3)OCCO4)c3ccccc3n2)s1. The number of aryl methyl sites for hydroxylation is 1. The highest BCUT2D eigenvalue weighted by molar-refractivity contribution is 8.01. The molecule has 1 amide bonds. The second-order valence-electron chi connectivity index (χ2n) is 7.31. The number of nitrogens with one attached hydrogen (secondary N) is 1. The molecule has 9 heteroatoms. The third-order valence-corrected chi connectivity index (χ3v) is 6.86. The van der Waals surface area contributed by atoms with E-state index in [9.17, 15) is 4.79 Å². The third-order valence-electron chi connectivity index (χ3n) is 5.05. The number of nitrogens with zero attached hydrogens (tertiary/aromatic N) is 3. The summed E-state index contributed by atoms with van der Waals surface area (Å²) in [5.74, 6) is 1.27. The van der Waals surface area contributed by atoms with Crippen LogP contribution in [0, 0.1) is 6.92 Å². The molecule has 162 valence electrons. The van der Waals surface area contributed by atoms with Gasteiger partial charge in [0.2, 0.25) is 0 Å². The summed E-state index contributed by atoms with van der Waals surface area (Å²) in [7, 11) is 0. The Kier molecular flexibility index (Phi) is 5.67. The van der Waals surface area contributed by atoms with Crippen molar-refractivity contribution in [3.63, 3.8) is 0 Å². The molecule has 2 aromatic carbocycles. The summed E-state index contributed by atoms with van der Waals surface area (Å²) in [5, 5.41) is 13.7. The van der Waals surface area contributed by atoms with Crippen LogP contribution in [-0.4, -0.2) is 34.3 Å². The Hall–Kier alpha value is -3.17. The number of fused-ring (bicyclic) bond motifs is 2. The van der Waals surface area contributed by atoms with Gasteiger partial charge in [0.15, 0.2) is 15.8 Å². The zero-order valence-corrected chi connectivity index (χ0v) is 19.1. The summed E-state index contributed by atoms with van der Waals surface area (Å²) in [6.45, 7) is 4.93.